The summed E-state index contributed by atoms with van der Waals surface area (Å²) in [6.07, 6.45) is 0. The molecule has 1 fully saturated rings. The minimum atomic E-state index is -3.58. The van der Waals surface area contributed by atoms with E-state index in [0.717, 1.165) is 17.0 Å². The largest absolute Gasteiger partial charge is 0.455 e. The average molecular weight is 435 g/mol. The lowest BCUT2D eigenvalue weighted by molar-refractivity contribution is -0.153. The third kappa shape index (κ3) is 4.54. The molecule has 1 N–H and O–H groups in total. The summed E-state index contributed by atoms with van der Waals surface area (Å²) in [5, 5.41) is 6.91. The molecule has 1 aromatic heterocycles. The summed E-state index contributed by atoms with van der Waals surface area (Å²) >= 11 is 0. The highest BCUT2D eigenvalue weighted by atomic mass is 32.2. The molecule has 3 rings (SSSR count). The van der Waals surface area contributed by atoms with Crippen molar-refractivity contribution in [2.45, 2.75) is 31.6 Å². The molecular formula is C20H26N4O5S. The second kappa shape index (κ2) is 8.97. The monoisotopic (exact) mass is 434 g/mol. The van der Waals surface area contributed by atoms with Gasteiger partial charge in [-0.2, -0.15) is 9.40 Å². The van der Waals surface area contributed by atoms with Crippen LogP contribution in [0.2, 0.25) is 0 Å². The first kappa shape index (κ1) is 22.0. The van der Waals surface area contributed by atoms with Gasteiger partial charge in [-0.1, -0.05) is 18.2 Å². The third-order valence-corrected chi connectivity index (χ3v) is 7.19. The zero-order chi connectivity index (χ0) is 21.9. The minimum Gasteiger partial charge on any atom is -0.455 e. The molecule has 1 atom stereocenters. The first-order valence-electron chi connectivity index (χ1n) is 9.73. The Morgan fingerprint density at radius 1 is 1.13 bits per heavy atom. The van der Waals surface area contributed by atoms with Crippen LogP contribution < -0.4 is 0 Å². The molecule has 2 heterocycles. The van der Waals surface area contributed by atoms with Gasteiger partial charge in [-0.15, -0.1) is 0 Å². The molecule has 0 aliphatic carbocycles. The molecule has 30 heavy (non-hydrogen) atoms. The molecule has 162 valence electrons. The van der Waals surface area contributed by atoms with Crippen LogP contribution >= 0.6 is 0 Å². The van der Waals surface area contributed by atoms with Gasteiger partial charge >= 0.3 is 5.97 Å². The Balaban J connectivity index is 1.52. The smallest absolute Gasteiger partial charge is 0.313 e. The fourth-order valence-electron chi connectivity index (χ4n) is 3.58. The van der Waals surface area contributed by atoms with E-state index in [1.165, 1.54) is 9.21 Å². The number of aromatic nitrogens is 2. The number of esters is 1. The van der Waals surface area contributed by atoms with Gasteiger partial charge in [-0.05, 0) is 32.9 Å². The third-order valence-electron chi connectivity index (χ3n) is 5.28. The van der Waals surface area contributed by atoms with Crippen molar-refractivity contribution < 1.29 is 22.7 Å². The maximum Gasteiger partial charge on any atom is 0.313 e. The summed E-state index contributed by atoms with van der Waals surface area (Å²) < 4.78 is 31.9. The molecule has 1 aliphatic rings. The second-order valence-electron chi connectivity index (χ2n) is 7.28. The maximum absolute atomic E-state index is 12.7. The number of carbonyl (C=O) groups is 2. The van der Waals surface area contributed by atoms with Crippen LogP contribution in [0, 0.1) is 13.8 Å². The van der Waals surface area contributed by atoms with Crippen LogP contribution in [0.4, 0.5) is 0 Å². The zero-order valence-corrected chi connectivity index (χ0v) is 18.1. The topological polar surface area (TPSA) is 113 Å². The van der Waals surface area contributed by atoms with Crippen molar-refractivity contribution in [3.63, 3.8) is 0 Å². The van der Waals surface area contributed by atoms with Gasteiger partial charge in [0.15, 0.2) is 6.61 Å². The zero-order valence-electron chi connectivity index (χ0n) is 17.3. The number of ether oxygens (including phenoxy) is 1. The van der Waals surface area contributed by atoms with E-state index >= 15 is 0 Å². The predicted octanol–water partition coefficient (Wildman–Crippen LogP) is 1.21. The standard InChI is InChI=1S/C20H26N4O5S/c1-14(19-15(2)21-22-16(19)3)20(26)29-13-18(25)23-9-11-24(12-10-23)30(27,28)17-7-5-4-6-8-17/h4-8,14H,9-13H2,1-3H3,(H,21,22). The van der Waals surface area contributed by atoms with Crippen molar-refractivity contribution in [1.29, 1.82) is 0 Å². The Labute approximate surface area is 176 Å². The summed E-state index contributed by atoms with van der Waals surface area (Å²) in [5.74, 6) is -1.38. The van der Waals surface area contributed by atoms with Crippen LogP contribution in [0.1, 0.15) is 29.8 Å². The van der Waals surface area contributed by atoms with Gasteiger partial charge in [0.05, 0.1) is 16.5 Å². The van der Waals surface area contributed by atoms with Crippen molar-refractivity contribution in [2.75, 3.05) is 32.8 Å². The van der Waals surface area contributed by atoms with Crippen LogP contribution in [0.5, 0.6) is 0 Å². The van der Waals surface area contributed by atoms with Crippen LogP contribution in [-0.2, 0) is 24.3 Å². The number of hydrogen-bond donors (Lipinski definition) is 1. The lowest BCUT2D eigenvalue weighted by Crippen LogP contribution is -2.51. The SMILES string of the molecule is Cc1n[nH]c(C)c1C(C)C(=O)OCC(=O)N1CCN(S(=O)(=O)c2ccccc2)CC1. The molecule has 1 aliphatic heterocycles. The van der Waals surface area contributed by atoms with Gasteiger partial charge < -0.3 is 9.64 Å². The van der Waals surface area contributed by atoms with E-state index < -0.39 is 21.9 Å². The van der Waals surface area contributed by atoms with Crippen LogP contribution in [-0.4, -0.2) is 72.5 Å². The molecule has 0 spiro atoms. The number of benzene rings is 1. The van der Waals surface area contributed by atoms with Gasteiger partial charge in [-0.25, -0.2) is 8.42 Å². The molecular weight excluding hydrogens is 408 g/mol. The molecule has 1 aromatic carbocycles. The number of aryl methyl sites for hydroxylation is 2. The first-order valence-corrected chi connectivity index (χ1v) is 11.2. The lowest BCUT2D eigenvalue weighted by Gasteiger charge is -2.33. The van der Waals surface area contributed by atoms with Crippen LogP contribution in [0.3, 0.4) is 0 Å². The predicted molar refractivity (Wildman–Crippen MR) is 109 cm³/mol. The summed E-state index contributed by atoms with van der Waals surface area (Å²) in [6, 6.07) is 8.21. The Morgan fingerprint density at radius 3 is 2.33 bits per heavy atom. The summed E-state index contributed by atoms with van der Waals surface area (Å²) in [6.45, 7) is 5.86. The molecule has 0 radical (unpaired) electrons. The molecule has 9 nitrogen and oxygen atoms in total. The van der Waals surface area contributed by atoms with Crippen LogP contribution in [0.25, 0.3) is 0 Å². The Kier molecular flexibility index (Phi) is 6.57. The molecule has 10 heteroatoms. The number of carbonyl (C=O) groups excluding carboxylic acids is 2. The number of piperazine rings is 1. The average Bonchev–Trinajstić information content (AvgIpc) is 3.09. The van der Waals surface area contributed by atoms with Crippen molar-refractivity contribution in [3.05, 3.63) is 47.3 Å². The number of amides is 1. The van der Waals surface area contributed by atoms with Gasteiger partial charge in [-0.3, -0.25) is 14.7 Å². The second-order valence-corrected chi connectivity index (χ2v) is 9.21. The maximum atomic E-state index is 12.7. The number of nitrogens with zero attached hydrogens (tertiary/aromatic N) is 3. The summed E-state index contributed by atoms with van der Waals surface area (Å²) in [4.78, 5) is 26.5. The fraction of sp³-hybridized carbons (Fsp3) is 0.450. The van der Waals surface area contributed by atoms with E-state index in [0.29, 0.717) is 0 Å². The van der Waals surface area contributed by atoms with Crippen molar-refractivity contribution in [1.82, 2.24) is 19.4 Å². The fourth-order valence-corrected chi connectivity index (χ4v) is 5.03. The molecule has 0 saturated carbocycles. The number of sulfonamides is 1. The van der Waals surface area contributed by atoms with E-state index in [1.54, 1.807) is 44.2 Å². The van der Waals surface area contributed by atoms with Gasteiger partial charge in [0.2, 0.25) is 10.0 Å². The highest BCUT2D eigenvalue weighted by Crippen LogP contribution is 2.22. The Hall–Kier alpha value is -2.72. The lowest BCUT2D eigenvalue weighted by atomic mass is 9.99. The van der Waals surface area contributed by atoms with E-state index in [2.05, 4.69) is 10.2 Å². The highest BCUT2D eigenvalue weighted by Gasteiger charge is 2.31. The number of nitrogens with one attached hydrogen (secondary N) is 1. The van der Waals surface area contributed by atoms with Gasteiger partial charge in [0, 0.05) is 37.4 Å². The molecule has 1 amide bonds. The Morgan fingerprint density at radius 2 is 1.77 bits per heavy atom. The highest BCUT2D eigenvalue weighted by molar-refractivity contribution is 7.89. The Bertz CT molecular complexity index is 992. The molecule has 0 bridgehead atoms. The van der Waals surface area contributed by atoms with Gasteiger partial charge in [0.1, 0.15) is 0 Å². The number of rotatable bonds is 6. The molecule has 2 aromatic rings. The van der Waals surface area contributed by atoms with E-state index in [9.17, 15) is 18.0 Å². The molecule has 1 saturated heterocycles. The van der Waals surface area contributed by atoms with E-state index in [4.69, 9.17) is 4.74 Å². The number of hydrogen-bond acceptors (Lipinski definition) is 6. The number of H-pyrrole nitrogens is 1. The summed E-state index contributed by atoms with van der Waals surface area (Å²) in [7, 11) is -3.58. The molecule has 1 unspecified atom stereocenters. The summed E-state index contributed by atoms with van der Waals surface area (Å²) in [5.41, 5.74) is 2.28. The minimum absolute atomic E-state index is 0.195. The van der Waals surface area contributed by atoms with Crippen molar-refractivity contribution >= 4 is 21.9 Å². The number of aromatic amines is 1. The van der Waals surface area contributed by atoms with Crippen molar-refractivity contribution in [3.8, 4) is 0 Å². The normalized spacial score (nSPS) is 16.3. The first-order chi connectivity index (χ1) is 14.2. The van der Waals surface area contributed by atoms with E-state index in [1.807, 2.05) is 6.92 Å². The van der Waals surface area contributed by atoms with E-state index in [-0.39, 0.29) is 43.6 Å². The van der Waals surface area contributed by atoms with Gasteiger partial charge in [0.25, 0.3) is 5.91 Å². The van der Waals surface area contributed by atoms with Crippen LogP contribution in [0.15, 0.2) is 35.2 Å². The quantitative estimate of drug-likeness (QED) is 0.684. The van der Waals surface area contributed by atoms with Crippen molar-refractivity contribution in [2.24, 2.45) is 0 Å².